The lowest BCUT2D eigenvalue weighted by atomic mass is 9.75. The Morgan fingerprint density at radius 3 is 1.75 bits per heavy atom. The maximum absolute atomic E-state index is 12.0. The van der Waals surface area contributed by atoms with Gasteiger partial charge >= 0.3 is 0 Å². The number of hydrogen-bond acceptors (Lipinski definition) is 1. The van der Waals surface area contributed by atoms with Gasteiger partial charge in [-0.2, -0.15) is 0 Å². The molecular formula is C15H28O. The van der Waals surface area contributed by atoms with E-state index in [0.717, 1.165) is 0 Å². The molecule has 0 aliphatic carbocycles. The Morgan fingerprint density at radius 2 is 1.44 bits per heavy atom. The van der Waals surface area contributed by atoms with E-state index >= 15 is 0 Å². The van der Waals surface area contributed by atoms with Gasteiger partial charge in [0.15, 0.2) is 0 Å². The second-order valence-electron chi connectivity index (χ2n) is 6.64. The van der Waals surface area contributed by atoms with Crippen LogP contribution in [-0.2, 0) is 0 Å². The molecule has 0 heterocycles. The van der Waals surface area contributed by atoms with Crippen molar-refractivity contribution in [2.75, 3.05) is 0 Å². The SMILES string of the molecule is CC(C)C(C)(C)C=C([O-])[CH+]C(C)(C)C(C)C. The number of allylic oxidation sites excluding steroid dienone is 2. The highest BCUT2D eigenvalue weighted by atomic mass is 16.3. The second-order valence-corrected chi connectivity index (χ2v) is 6.64. The third kappa shape index (κ3) is 4.51. The van der Waals surface area contributed by atoms with E-state index in [4.69, 9.17) is 0 Å². The van der Waals surface area contributed by atoms with Crippen LogP contribution in [0.4, 0.5) is 0 Å². The van der Waals surface area contributed by atoms with E-state index in [9.17, 15) is 5.11 Å². The van der Waals surface area contributed by atoms with Crippen molar-refractivity contribution >= 4 is 0 Å². The average molecular weight is 224 g/mol. The Hall–Kier alpha value is -0.590. The lowest BCUT2D eigenvalue weighted by Crippen LogP contribution is -2.26. The van der Waals surface area contributed by atoms with E-state index < -0.39 is 0 Å². The summed E-state index contributed by atoms with van der Waals surface area (Å²) >= 11 is 0. The molecule has 0 N–H and O–H groups in total. The Labute approximate surface area is 102 Å². The van der Waals surface area contributed by atoms with Crippen molar-refractivity contribution in [2.24, 2.45) is 22.7 Å². The molecule has 1 nitrogen and oxygen atoms in total. The molecular weight excluding hydrogens is 196 g/mol. The molecule has 94 valence electrons. The normalized spacial score (nSPS) is 14.8. The van der Waals surface area contributed by atoms with Gasteiger partial charge in [0.2, 0.25) is 0 Å². The van der Waals surface area contributed by atoms with Gasteiger partial charge in [0.05, 0.1) is 5.76 Å². The fourth-order valence-electron chi connectivity index (χ4n) is 1.11. The van der Waals surface area contributed by atoms with Crippen LogP contribution < -0.4 is 5.11 Å². The summed E-state index contributed by atoms with van der Waals surface area (Å²) in [5.74, 6) is 1.12. The highest BCUT2D eigenvalue weighted by Gasteiger charge is 2.29. The van der Waals surface area contributed by atoms with Crippen LogP contribution in [-0.4, -0.2) is 0 Å². The second kappa shape index (κ2) is 5.16. The minimum atomic E-state index is -0.0271. The molecule has 0 aromatic heterocycles. The van der Waals surface area contributed by atoms with Crippen LogP contribution in [0.25, 0.3) is 0 Å². The minimum Gasteiger partial charge on any atom is -0.842 e. The van der Waals surface area contributed by atoms with Crippen molar-refractivity contribution in [3.63, 3.8) is 0 Å². The van der Waals surface area contributed by atoms with Crippen LogP contribution in [0.15, 0.2) is 11.8 Å². The maximum atomic E-state index is 12.0. The largest absolute Gasteiger partial charge is 0.842 e. The predicted molar refractivity (Wildman–Crippen MR) is 69.6 cm³/mol. The topological polar surface area (TPSA) is 23.1 Å². The molecule has 16 heavy (non-hydrogen) atoms. The molecule has 0 spiro atoms. The molecule has 0 unspecified atom stereocenters. The van der Waals surface area contributed by atoms with Gasteiger partial charge in [0.25, 0.3) is 0 Å². The molecule has 0 aromatic rings. The number of hydrogen-bond donors (Lipinski definition) is 0. The maximum Gasteiger partial charge on any atom is 0.0591 e. The first-order valence-corrected chi connectivity index (χ1v) is 6.25. The summed E-state index contributed by atoms with van der Waals surface area (Å²) in [5.41, 5.74) is -0.0543. The summed E-state index contributed by atoms with van der Waals surface area (Å²) in [6.45, 7) is 17.1. The van der Waals surface area contributed by atoms with Crippen molar-refractivity contribution in [2.45, 2.75) is 55.4 Å². The van der Waals surface area contributed by atoms with E-state index in [0.29, 0.717) is 11.8 Å². The van der Waals surface area contributed by atoms with Gasteiger partial charge in [0, 0.05) is 23.3 Å². The van der Waals surface area contributed by atoms with Crippen molar-refractivity contribution < 1.29 is 5.11 Å². The molecule has 0 radical (unpaired) electrons. The fourth-order valence-corrected chi connectivity index (χ4v) is 1.11. The summed E-state index contributed by atoms with van der Waals surface area (Å²) in [6.07, 6.45) is 3.73. The zero-order valence-corrected chi connectivity index (χ0v) is 12.2. The van der Waals surface area contributed by atoms with Crippen molar-refractivity contribution in [1.29, 1.82) is 0 Å². The first kappa shape index (κ1) is 15.4. The Balaban J connectivity index is 4.71. The third-order valence-electron chi connectivity index (χ3n) is 4.00. The summed E-state index contributed by atoms with van der Waals surface area (Å²) in [4.78, 5) is 0. The molecule has 0 bridgehead atoms. The molecule has 0 atom stereocenters. The van der Waals surface area contributed by atoms with Crippen LogP contribution in [0.1, 0.15) is 55.4 Å². The zero-order chi connectivity index (χ0) is 13.1. The highest BCUT2D eigenvalue weighted by Crippen LogP contribution is 2.34. The van der Waals surface area contributed by atoms with Crippen LogP contribution in [0.2, 0.25) is 0 Å². The first-order valence-electron chi connectivity index (χ1n) is 6.25. The van der Waals surface area contributed by atoms with Crippen LogP contribution in [0, 0.1) is 29.1 Å². The summed E-state index contributed by atoms with van der Waals surface area (Å²) in [6, 6.07) is 0. The van der Waals surface area contributed by atoms with Crippen molar-refractivity contribution in [3.05, 3.63) is 18.3 Å². The van der Waals surface area contributed by atoms with Gasteiger partial charge in [-0.15, -0.1) is 0 Å². The zero-order valence-electron chi connectivity index (χ0n) is 12.2. The lowest BCUT2D eigenvalue weighted by molar-refractivity contribution is -0.302. The molecule has 0 saturated carbocycles. The molecule has 0 fully saturated rings. The minimum absolute atomic E-state index is 0.0271. The van der Waals surface area contributed by atoms with E-state index in [-0.39, 0.29) is 16.6 Å². The standard InChI is InChI=1S/C15H28O/c1-11(2)14(5,6)9-13(16)10-15(7,8)12(3)4/h9-12H,1-8H3. The smallest absolute Gasteiger partial charge is 0.0591 e. The molecule has 0 aromatic carbocycles. The van der Waals surface area contributed by atoms with Crippen molar-refractivity contribution in [3.8, 4) is 0 Å². The van der Waals surface area contributed by atoms with Gasteiger partial charge in [-0.05, 0) is 39.5 Å². The molecule has 1 heteroatoms. The quantitative estimate of drug-likeness (QED) is 0.514. The van der Waals surface area contributed by atoms with Gasteiger partial charge < -0.3 is 5.11 Å². The van der Waals surface area contributed by atoms with Gasteiger partial charge in [-0.1, -0.05) is 27.7 Å². The van der Waals surface area contributed by atoms with Gasteiger partial charge in [0.1, 0.15) is 0 Å². The van der Waals surface area contributed by atoms with E-state index in [1.165, 1.54) is 0 Å². The molecule has 0 aliphatic rings. The molecule has 0 saturated heterocycles. The van der Waals surface area contributed by atoms with Crippen molar-refractivity contribution in [1.82, 2.24) is 0 Å². The van der Waals surface area contributed by atoms with Gasteiger partial charge in [-0.3, -0.25) is 0 Å². The number of rotatable bonds is 5. The molecule has 0 amide bonds. The first-order chi connectivity index (χ1) is 6.99. The average Bonchev–Trinajstić information content (AvgIpc) is 2.00. The molecule has 0 aliphatic heterocycles. The van der Waals surface area contributed by atoms with Gasteiger partial charge in [-0.25, -0.2) is 0 Å². The Bertz CT molecular complexity index is 244. The lowest BCUT2D eigenvalue weighted by Gasteiger charge is -2.28. The van der Waals surface area contributed by atoms with Crippen LogP contribution in [0.3, 0.4) is 0 Å². The monoisotopic (exact) mass is 224 g/mol. The van der Waals surface area contributed by atoms with Crippen LogP contribution in [0.5, 0.6) is 0 Å². The Morgan fingerprint density at radius 1 is 1.00 bits per heavy atom. The van der Waals surface area contributed by atoms with Crippen LogP contribution >= 0.6 is 0 Å². The predicted octanol–water partition coefficient (Wildman–Crippen LogP) is 3.80. The molecule has 0 rings (SSSR count). The fraction of sp³-hybridized carbons (Fsp3) is 0.800. The summed E-state index contributed by atoms with van der Waals surface area (Å²) in [7, 11) is 0. The Kier molecular flexibility index (Phi) is 4.97. The highest BCUT2D eigenvalue weighted by molar-refractivity contribution is 5.13. The summed E-state index contributed by atoms with van der Waals surface area (Å²) in [5, 5.41) is 12.0. The van der Waals surface area contributed by atoms with E-state index in [1.54, 1.807) is 0 Å². The van der Waals surface area contributed by atoms with E-state index in [2.05, 4.69) is 55.4 Å². The van der Waals surface area contributed by atoms with E-state index in [1.807, 2.05) is 12.5 Å². The summed E-state index contributed by atoms with van der Waals surface area (Å²) < 4.78 is 0. The third-order valence-corrected chi connectivity index (χ3v) is 4.00.